The van der Waals surface area contributed by atoms with Gasteiger partial charge in [0.15, 0.2) is 0 Å². The Morgan fingerprint density at radius 2 is 2.11 bits per heavy atom. The molecule has 4 nitrogen and oxygen atoms in total. The van der Waals surface area contributed by atoms with Crippen LogP contribution < -0.4 is 5.32 Å². The largest absolute Gasteiger partial charge is 0.478 e. The molecule has 2 rings (SSSR count). The maximum Gasteiger partial charge on any atom is 0.339 e. The third-order valence-electron chi connectivity index (χ3n) is 2.47. The molecule has 0 bridgehead atoms. The van der Waals surface area contributed by atoms with Gasteiger partial charge in [0.1, 0.15) is 5.56 Å². The number of hydrogen-bond donors (Lipinski definition) is 2. The van der Waals surface area contributed by atoms with Crippen LogP contribution >= 0.6 is 27.5 Å². The number of anilines is 2. The van der Waals surface area contributed by atoms with E-state index in [0.717, 1.165) is 10.2 Å². The van der Waals surface area contributed by atoms with Crippen LogP contribution in [0.1, 0.15) is 16.1 Å². The highest BCUT2D eigenvalue weighted by Crippen LogP contribution is 2.29. The van der Waals surface area contributed by atoms with Crippen LogP contribution in [0.25, 0.3) is 0 Å². The standard InChI is InChI=1S/C13H10BrClN2O2/c1-7-4-12(9(6-16-7)13(18)19)17-11-3-2-8(14)5-10(11)15/h2-6H,1H3,(H,16,17)(H,18,19). The van der Waals surface area contributed by atoms with E-state index in [9.17, 15) is 4.79 Å². The first-order valence-corrected chi connectivity index (χ1v) is 6.56. The van der Waals surface area contributed by atoms with Crippen LogP contribution in [0, 0.1) is 6.92 Å². The molecule has 0 spiro atoms. The molecule has 2 N–H and O–H groups in total. The molecule has 0 fully saturated rings. The van der Waals surface area contributed by atoms with Gasteiger partial charge < -0.3 is 10.4 Å². The number of aromatic carboxylic acids is 1. The average Bonchev–Trinajstić information content (AvgIpc) is 2.32. The fraction of sp³-hybridized carbons (Fsp3) is 0.0769. The van der Waals surface area contributed by atoms with Crippen molar-refractivity contribution in [2.24, 2.45) is 0 Å². The molecule has 1 aromatic heterocycles. The van der Waals surface area contributed by atoms with Gasteiger partial charge in [0, 0.05) is 16.4 Å². The van der Waals surface area contributed by atoms with E-state index in [0.29, 0.717) is 16.4 Å². The van der Waals surface area contributed by atoms with E-state index in [4.69, 9.17) is 16.7 Å². The number of nitrogens with one attached hydrogen (secondary N) is 1. The Bertz CT molecular complexity index is 647. The van der Waals surface area contributed by atoms with Gasteiger partial charge in [-0.1, -0.05) is 27.5 Å². The van der Waals surface area contributed by atoms with Gasteiger partial charge in [0.05, 0.1) is 16.4 Å². The molecular formula is C13H10BrClN2O2. The van der Waals surface area contributed by atoms with Gasteiger partial charge in [-0.05, 0) is 31.2 Å². The fourth-order valence-electron chi connectivity index (χ4n) is 1.57. The summed E-state index contributed by atoms with van der Waals surface area (Å²) in [6, 6.07) is 7.00. The molecule has 0 atom stereocenters. The summed E-state index contributed by atoms with van der Waals surface area (Å²) in [7, 11) is 0. The number of halogens is 2. The third-order valence-corrected chi connectivity index (χ3v) is 3.28. The Kier molecular flexibility index (Phi) is 4.07. The van der Waals surface area contributed by atoms with Crippen molar-refractivity contribution in [2.45, 2.75) is 6.92 Å². The predicted octanol–water partition coefficient (Wildman–Crippen LogP) is 4.25. The number of carbonyl (C=O) groups is 1. The van der Waals surface area contributed by atoms with Crippen LogP contribution in [0.3, 0.4) is 0 Å². The minimum absolute atomic E-state index is 0.101. The lowest BCUT2D eigenvalue weighted by atomic mass is 10.2. The Labute approximate surface area is 123 Å². The number of carboxylic acids is 1. The first-order valence-electron chi connectivity index (χ1n) is 5.39. The SMILES string of the molecule is Cc1cc(Nc2ccc(Br)cc2Cl)c(C(=O)O)cn1. The molecule has 98 valence electrons. The number of nitrogens with zero attached hydrogens (tertiary/aromatic N) is 1. The van der Waals surface area contributed by atoms with Gasteiger partial charge in [-0.2, -0.15) is 0 Å². The van der Waals surface area contributed by atoms with E-state index in [1.54, 1.807) is 25.1 Å². The molecule has 0 amide bonds. The van der Waals surface area contributed by atoms with E-state index < -0.39 is 5.97 Å². The van der Waals surface area contributed by atoms with Crippen molar-refractivity contribution in [1.29, 1.82) is 0 Å². The lowest BCUT2D eigenvalue weighted by Gasteiger charge is -2.11. The highest BCUT2D eigenvalue weighted by molar-refractivity contribution is 9.10. The Morgan fingerprint density at radius 3 is 2.74 bits per heavy atom. The molecule has 0 aliphatic rings. The number of aryl methyl sites for hydroxylation is 1. The zero-order valence-electron chi connectivity index (χ0n) is 9.95. The zero-order chi connectivity index (χ0) is 14.0. The number of carboxylic acid groups (broad SMARTS) is 1. The quantitative estimate of drug-likeness (QED) is 0.876. The van der Waals surface area contributed by atoms with Crippen molar-refractivity contribution in [1.82, 2.24) is 4.98 Å². The smallest absolute Gasteiger partial charge is 0.339 e. The molecule has 1 heterocycles. The lowest BCUT2D eigenvalue weighted by Crippen LogP contribution is -2.04. The second-order valence-electron chi connectivity index (χ2n) is 3.93. The van der Waals surface area contributed by atoms with E-state index in [1.807, 2.05) is 6.07 Å². The molecule has 0 unspecified atom stereocenters. The summed E-state index contributed by atoms with van der Waals surface area (Å²) in [5.74, 6) is -1.04. The highest BCUT2D eigenvalue weighted by Gasteiger charge is 2.12. The monoisotopic (exact) mass is 340 g/mol. The van der Waals surface area contributed by atoms with Crippen LogP contribution in [0.2, 0.25) is 5.02 Å². The van der Waals surface area contributed by atoms with Crippen molar-refractivity contribution in [2.75, 3.05) is 5.32 Å². The van der Waals surface area contributed by atoms with Crippen molar-refractivity contribution in [3.05, 3.63) is 51.2 Å². The van der Waals surface area contributed by atoms with E-state index >= 15 is 0 Å². The van der Waals surface area contributed by atoms with Crippen molar-refractivity contribution in [3.63, 3.8) is 0 Å². The Balaban J connectivity index is 2.42. The number of benzene rings is 1. The number of pyridine rings is 1. The minimum Gasteiger partial charge on any atom is -0.478 e. The second-order valence-corrected chi connectivity index (χ2v) is 5.25. The van der Waals surface area contributed by atoms with Gasteiger partial charge in [0.25, 0.3) is 0 Å². The lowest BCUT2D eigenvalue weighted by molar-refractivity contribution is 0.0697. The average molecular weight is 342 g/mol. The van der Waals surface area contributed by atoms with Crippen molar-refractivity contribution >= 4 is 44.9 Å². The molecule has 1 aromatic carbocycles. The van der Waals surface area contributed by atoms with Gasteiger partial charge >= 0.3 is 5.97 Å². The molecule has 0 aliphatic heterocycles. The molecule has 0 saturated carbocycles. The van der Waals surface area contributed by atoms with Gasteiger partial charge in [0.2, 0.25) is 0 Å². The highest BCUT2D eigenvalue weighted by atomic mass is 79.9. The summed E-state index contributed by atoms with van der Waals surface area (Å²) in [5, 5.41) is 12.6. The van der Waals surface area contributed by atoms with E-state index in [2.05, 4.69) is 26.2 Å². The number of hydrogen-bond acceptors (Lipinski definition) is 3. The zero-order valence-corrected chi connectivity index (χ0v) is 12.3. The van der Waals surface area contributed by atoms with Crippen LogP contribution in [0.4, 0.5) is 11.4 Å². The Hall–Kier alpha value is -1.59. The van der Waals surface area contributed by atoms with Crippen LogP contribution in [-0.2, 0) is 0 Å². The summed E-state index contributed by atoms with van der Waals surface area (Å²) in [5.41, 5.74) is 1.92. The second kappa shape index (κ2) is 5.59. The van der Waals surface area contributed by atoms with Crippen molar-refractivity contribution in [3.8, 4) is 0 Å². The molecule has 19 heavy (non-hydrogen) atoms. The predicted molar refractivity (Wildman–Crippen MR) is 78.4 cm³/mol. The van der Waals surface area contributed by atoms with Crippen LogP contribution in [0.5, 0.6) is 0 Å². The topological polar surface area (TPSA) is 62.2 Å². The van der Waals surface area contributed by atoms with E-state index in [-0.39, 0.29) is 5.56 Å². The fourth-order valence-corrected chi connectivity index (χ4v) is 2.29. The minimum atomic E-state index is -1.04. The molecule has 6 heteroatoms. The maximum absolute atomic E-state index is 11.1. The summed E-state index contributed by atoms with van der Waals surface area (Å²) in [4.78, 5) is 15.1. The number of rotatable bonds is 3. The van der Waals surface area contributed by atoms with Crippen LogP contribution in [0.15, 0.2) is 34.9 Å². The molecule has 0 radical (unpaired) electrons. The van der Waals surface area contributed by atoms with Crippen LogP contribution in [-0.4, -0.2) is 16.1 Å². The summed E-state index contributed by atoms with van der Waals surface area (Å²) >= 11 is 9.41. The summed E-state index contributed by atoms with van der Waals surface area (Å²) < 4.78 is 0.854. The molecular weight excluding hydrogens is 332 g/mol. The third kappa shape index (κ3) is 3.24. The van der Waals surface area contributed by atoms with Gasteiger partial charge in [-0.3, -0.25) is 4.98 Å². The van der Waals surface area contributed by atoms with Gasteiger partial charge in [-0.25, -0.2) is 4.79 Å². The first-order chi connectivity index (χ1) is 8.97. The van der Waals surface area contributed by atoms with E-state index in [1.165, 1.54) is 6.20 Å². The first kappa shape index (κ1) is 13.8. The maximum atomic E-state index is 11.1. The normalized spacial score (nSPS) is 10.3. The summed E-state index contributed by atoms with van der Waals surface area (Å²) in [6.07, 6.45) is 1.33. The Morgan fingerprint density at radius 1 is 1.37 bits per heavy atom. The molecule has 0 aliphatic carbocycles. The van der Waals surface area contributed by atoms with Crippen molar-refractivity contribution < 1.29 is 9.90 Å². The molecule has 2 aromatic rings. The van der Waals surface area contributed by atoms with Gasteiger partial charge in [-0.15, -0.1) is 0 Å². The number of aromatic nitrogens is 1. The molecule has 0 saturated heterocycles. The summed E-state index contributed by atoms with van der Waals surface area (Å²) in [6.45, 7) is 1.79.